The van der Waals surface area contributed by atoms with E-state index in [-0.39, 0.29) is 6.42 Å². The van der Waals surface area contributed by atoms with Crippen molar-refractivity contribution in [2.24, 2.45) is 0 Å². The highest BCUT2D eigenvalue weighted by Crippen LogP contribution is 2.27. The van der Waals surface area contributed by atoms with E-state index in [9.17, 15) is 19.2 Å². The maximum atomic E-state index is 13.7. The molecule has 10 heteroatoms. The van der Waals surface area contributed by atoms with Gasteiger partial charge in [-0.1, -0.05) is 36.8 Å². The molecule has 3 atom stereocenters. The van der Waals surface area contributed by atoms with Crippen molar-refractivity contribution in [2.45, 2.75) is 115 Å². The van der Waals surface area contributed by atoms with Gasteiger partial charge in [0.15, 0.2) is 0 Å². The molecule has 1 saturated heterocycles. The van der Waals surface area contributed by atoms with E-state index in [1.54, 1.807) is 34.6 Å². The van der Waals surface area contributed by atoms with E-state index in [2.05, 4.69) is 21.4 Å². The van der Waals surface area contributed by atoms with Crippen molar-refractivity contribution in [1.29, 1.82) is 0 Å². The molecular formula is C28H42N4O6. The first-order valence-corrected chi connectivity index (χ1v) is 13.2. The Hall–Kier alpha value is -2.98. The summed E-state index contributed by atoms with van der Waals surface area (Å²) >= 11 is 0. The molecular weight excluding hydrogens is 488 g/mol. The van der Waals surface area contributed by atoms with E-state index >= 15 is 0 Å². The van der Waals surface area contributed by atoms with Crippen LogP contribution in [0.4, 0.5) is 0 Å². The van der Waals surface area contributed by atoms with Crippen molar-refractivity contribution in [1.82, 2.24) is 21.4 Å². The number of fused-ring (bicyclic) bond motifs is 1. The first-order chi connectivity index (χ1) is 17.6. The second-order valence-corrected chi connectivity index (χ2v) is 12.2. The van der Waals surface area contributed by atoms with Gasteiger partial charge in [0.25, 0.3) is 0 Å². The van der Waals surface area contributed by atoms with Gasteiger partial charge in [-0.25, -0.2) is 4.79 Å². The molecule has 0 unspecified atom stereocenters. The monoisotopic (exact) mass is 530 g/mol. The normalized spacial score (nSPS) is 30.2. The number of carbonyl (C=O) groups is 4. The molecule has 1 saturated carbocycles. The summed E-state index contributed by atoms with van der Waals surface area (Å²) in [6.07, 6.45) is 2.18. The molecule has 0 radical (unpaired) electrons. The summed E-state index contributed by atoms with van der Waals surface area (Å²) in [5.74, 6) is -2.19. The fourth-order valence-corrected chi connectivity index (χ4v) is 4.46. The predicted octanol–water partition coefficient (Wildman–Crippen LogP) is 2.06. The molecule has 10 nitrogen and oxygen atoms in total. The first-order valence-electron chi connectivity index (χ1n) is 13.2. The molecule has 0 aromatic heterocycles. The number of carbonyl (C=O) groups excluding carboxylic acids is 4. The Morgan fingerprint density at radius 3 is 1.79 bits per heavy atom. The zero-order valence-corrected chi connectivity index (χ0v) is 23.5. The Kier molecular flexibility index (Phi) is 8.58. The third-order valence-corrected chi connectivity index (χ3v) is 7.16. The van der Waals surface area contributed by atoms with Crippen molar-refractivity contribution in [3.8, 4) is 0 Å². The van der Waals surface area contributed by atoms with Crippen LogP contribution in [0.25, 0.3) is 0 Å². The largest absolute Gasteiger partial charge is 0.458 e. The molecule has 1 aromatic carbocycles. The zero-order valence-electron chi connectivity index (χ0n) is 23.5. The summed E-state index contributed by atoms with van der Waals surface area (Å²) in [5, 5.41) is 8.24. The number of hydrogen-bond donors (Lipinski definition) is 4. The van der Waals surface area contributed by atoms with Crippen LogP contribution in [-0.4, -0.2) is 58.1 Å². The van der Waals surface area contributed by atoms with Gasteiger partial charge in [-0.05, 0) is 73.3 Å². The van der Waals surface area contributed by atoms with E-state index in [1.165, 1.54) is 13.8 Å². The van der Waals surface area contributed by atoms with Crippen molar-refractivity contribution >= 4 is 23.7 Å². The maximum absolute atomic E-state index is 13.7. The Morgan fingerprint density at radius 2 is 1.21 bits per heavy atom. The van der Waals surface area contributed by atoms with Crippen LogP contribution >= 0.6 is 0 Å². The third-order valence-electron chi connectivity index (χ3n) is 7.16. The SMILES string of the molecule is CC1(C)NC(=O)C(C)(C)NC(=O)[C@](C)(Cc2ccccc2)NO[C@@H]2CCCC[C@H]2OC(=O)C(C)(C)NC1=O. The van der Waals surface area contributed by atoms with Crippen molar-refractivity contribution < 1.29 is 28.8 Å². The Bertz CT molecular complexity index is 1050. The van der Waals surface area contributed by atoms with Gasteiger partial charge in [-0.2, -0.15) is 5.48 Å². The van der Waals surface area contributed by atoms with Gasteiger partial charge in [0, 0.05) is 6.42 Å². The lowest BCUT2D eigenvalue weighted by atomic mass is 9.90. The fraction of sp³-hybridized carbons (Fsp3) is 0.643. The third kappa shape index (κ3) is 6.91. The Balaban J connectivity index is 2.00. The molecule has 38 heavy (non-hydrogen) atoms. The summed E-state index contributed by atoms with van der Waals surface area (Å²) in [6.45, 7) is 11.0. The molecule has 1 heterocycles. The van der Waals surface area contributed by atoms with E-state index < -0.39 is 58.1 Å². The van der Waals surface area contributed by atoms with Crippen LogP contribution in [0.3, 0.4) is 0 Å². The van der Waals surface area contributed by atoms with E-state index in [4.69, 9.17) is 9.57 Å². The van der Waals surface area contributed by atoms with Gasteiger partial charge in [0.2, 0.25) is 17.7 Å². The lowest BCUT2D eigenvalue weighted by Gasteiger charge is -2.39. The number of hydrogen-bond acceptors (Lipinski definition) is 7. The molecule has 210 valence electrons. The molecule has 2 fully saturated rings. The molecule has 4 N–H and O–H groups in total. The van der Waals surface area contributed by atoms with Crippen LogP contribution in [-0.2, 0) is 35.2 Å². The van der Waals surface area contributed by atoms with Gasteiger partial charge < -0.3 is 20.7 Å². The Labute approximate surface area is 224 Å². The second-order valence-electron chi connectivity index (χ2n) is 12.2. The van der Waals surface area contributed by atoms with E-state index in [0.717, 1.165) is 18.4 Å². The van der Waals surface area contributed by atoms with Crippen LogP contribution in [0.15, 0.2) is 30.3 Å². The standard InChI is InChI=1S/C28H42N4O6/c1-25(2)22(34)30-27(5,6)24(36)37-19-15-11-12-16-20(19)38-32-28(7,17-18-13-9-8-10-14-18)23(35)31-26(3,4)21(33)29-25/h8-10,13-14,19-20,32H,11-12,15-17H2,1-7H3,(H,29,33)(H,30,34)(H,31,35)/t19-,20-,28+/m1/s1. The quantitative estimate of drug-likeness (QED) is 0.430. The van der Waals surface area contributed by atoms with Crippen LogP contribution in [0.5, 0.6) is 0 Å². The number of benzene rings is 1. The molecule has 1 aliphatic heterocycles. The topological polar surface area (TPSA) is 135 Å². The van der Waals surface area contributed by atoms with Gasteiger partial charge in [-0.3, -0.25) is 19.2 Å². The summed E-state index contributed by atoms with van der Waals surface area (Å²) in [5.41, 5.74) is -1.49. The summed E-state index contributed by atoms with van der Waals surface area (Å²) in [4.78, 5) is 59.4. The predicted molar refractivity (Wildman–Crippen MR) is 142 cm³/mol. The number of amides is 3. The van der Waals surface area contributed by atoms with Crippen LogP contribution in [0, 0.1) is 0 Å². The average Bonchev–Trinajstić information content (AvgIpc) is 2.82. The van der Waals surface area contributed by atoms with Crippen LogP contribution < -0.4 is 21.4 Å². The summed E-state index contributed by atoms with van der Waals surface area (Å²) in [7, 11) is 0. The number of rotatable bonds is 2. The van der Waals surface area contributed by atoms with Crippen LogP contribution in [0.2, 0.25) is 0 Å². The minimum absolute atomic E-state index is 0.273. The Morgan fingerprint density at radius 1 is 0.711 bits per heavy atom. The van der Waals surface area contributed by atoms with E-state index in [1.807, 2.05) is 30.3 Å². The summed E-state index contributed by atoms with van der Waals surface area (Å²) in [6, 6.07) is 9.48. The van der Waals surface area contributed by atoms with E-state index in [0.29, 0.717) is 12.8 Å². The first kappa shape index (κ1) is 29.6. The number of nitrogens with one attached hydrogen (secondary N) is 4. The lowest BCUT2D eigenvalue weighted by molar-refractivity contribution is -0.181. The minimum Gasteiger partial charge on any atom is -0.458 e. The van der Waals surface area contributed by atoms with Crippen molar-refractivity contribution in [3.05, 3.63) is 35.9 Å². The molecule has 0 bridgehead atoms. The number of ether oxygens (including phenoxy) is 1. The highest BCUT2D eigenvalue weighted by molar-refractivity contribution is 5.98. The molecule has 1 aliphatic carbocycles. The van der Waals surface area contributed by atoms with Gasteiger partial charge in [0.05, 0.1) is 0 Å². The summed E-state index contributed by atoms with van der Waals surface area (Å²) < 4.78 is 5.85. The van der Waals surface area contributed by atoms with Crippen LogP contribution in [0.1, 0.15) is 79.7 Å². The van der Waals surface area contributed by atoms with Crippen molar-refractivity contribution in [3.63, 3.8) is 0 Å². The molecule has 3 amide bonds. The molecule has 1 aromatic rings. The maximum Gasteiger partial charge on any atom is 0.331 e. The number of hydroxylamine groups is 1. The smallest absolute Gasteiger partial charge is 0.331 e. The highest BCUT2D eigenvalue weighted by Gasteiger charge is 2.45. The van der Waals surface area contributed by atoms with Gasteiger partial charge in [0.1, 0.15) is 34.4 Å². The van der Waals surface area contributed by atoms with Crippen molar-refractivity contribution in [2.75, 3.05) is 0 Å². The zero-order chi connectivity index (χ0) is 28.4. The molecule has 0 spiro atoms. The molecule has 2 aliphatic rings. The second kappa shape index (κ2) is 11.0. The van der Waals surface area contributed by atoms with Gasteiger partial charge in [-0.15, -0.1) is 0 Å². The van der Waals surface area contributed by atoms with Gasteiger partial charge >= 0.3 is 5.97 Å². The highest BCUT2D eigenvalue weighted by atomic mass is 16.7. The number of esters is 1. The minimum atomic E-state index is -1.38. The molecule has 3 rings (SSSR count). The lowest BCUT2D eigenvalue weighted by Crippen LogP contribution is -2.68. The fourth-order valence-electron chi connectivity index (χ4n) is 4.46. The average molecular weight is 531 g/mol.